The first-order chi connectivity index (χ1) is 32.6. The number of carbonyl (C=O) groups excluding carboxylic acids is 3. The standard InChI is InChI=1S/C50H60FN9O7S/c1-31-43(68-30-54-31)33-11-12-34(28-53-46(63)40-26-35(61)29-60(40)47(64)44(49(2,3)4)55-48(65)50(51)16-17-50)42(25-33)67-23-15-32-9-13-36(14-10-32)66-24-22-58-18-20-59(21-19-58)39-27-38(56-57-45(39)52)37-7-5-6-8-41(37)62/h5-14,25,27,30,35,40,44,61-62H,15-24,26,28-29H2,1-4H3,(H2,52,57)(H,53,63)(H,55,65)/t35-,40+,44-/m1/s1. The molecule has 2 aromatic heterocycles. The Morgan fingerprint density at radius 3 is 2.43 bits per heavy atom. The van der Waals surface area contributed by atoms with Crippen molar-refractivity contribution < 1.29 is 38.5 Å². The smallest absolute Gasteiger partial charge is 0.258 e. The number of aryl methyl sites for hydroxylation is 1. The van der Waals surface area contributed by atoms with Gasteiger partial charge in [-0.1, -0.05) is 57.2 Å². The van der Waals surface area contributed by atoms with Crippen LogP contribution in [0.1, 0.15) is 56.9 Å². The highest BCUT2D eigenvalue weighted by Gasteiger charge is 2.53. The topological polar surface area (TPSA) is 209 Å². The van der Waals surface area contributed by atoms with Gasteiger partial charge in [0.2, 0.25) is 11.8 Å². The second-order valence-corrected chi connectivity index (χ2v) is 19.7. The van der Waals surface area contributed by atoms with E-state index in [-0.39, 0.29) is 38.1 Å². The Kier molecular flexibility index (Phi) is 14.5. The number of rotatable bonds is 17. The Balaban J connectivity index is 0.833. The van der Waals surface area contributed by atoms with Gasteiger partial charge in [-0.2, -0.15) is 0 Å². The van der Waals surface area contributed by atoms with Gasteiger partial charge in [0.1, 0.15) is 35.9 Å². The number of aromatic nitrogens is 3. The summed E-state index contributed by atoms with van der Waals surface area (Å²) in [6.45, 7) is 12.1. The first-order valence-electron chi connectivity index (χ1n) is 23.1. The normalized spacial score (nSPS) is 18.5. The number of phenolic OH excluding ortho intramolecular Hbond substituents is 1. The predicted molar refractivity (Wildman–Crippen MR) is 258 cm³/mol. The minimum atomic E-state index is -1.97. The Bertz CT molecular complexity index is 2590. The fraction of sp³-hybridized carbons (Fsp3) is 0.440. The Hall–Kier alpha value is -6.37. The lowest BCUT2D eigenvalue weighted by Crippen LogP contribution is -2.59. The number of ether oxygens (including phenoxy) is 2. The van der Waals surface area contributed by atoms with Crippen molar-refractivity contribution in [3.63, 3.8) is 0 Å². The molecule has 2 aliphatic heterocycles. The van der Waals surface area contributed by atoms with Gasteiger partial charge in [0.05, 0.1) is 40.2 Å². The molecule has 3 atom stereocenters. The fourth-order valence-electron chi connectivity index (χ4n) is 8.58. The molecule has 3 aliphatic rings. The SMILES string of the molecule is Cc1ncsc1-c1ccc(CNC(=O)[C@@H]2C[C@@H](O)CN2C(=O)[C@@H](NC(=O)C2(F)CC2)C(C)(C)C)c(OCCc2ccc(OCCN3CCN(c4cc(-c5ccccc5O)nnc4N)CC3)cc2)c1. The van der Waals surface area contributed by atoms with Crippen LogP contribution < -0.4 is 30.7 Å². The molecule has 68 heavy (non-hydrogen) atoms. The summed E-state index contributed by atoms with van der Waals surface area (Å²) >= 11 is 1.53. The second kappa shape index (κ2) is 20.5. The largest absolute Gasteiger partial charge is 0.507 e. The number of aliphatic hydroxyl groups excluding tert-OH is 1. The lowest BCUT2D eigenvalue weighted by Gasteiger charge is -2.36. The van der Waals surface area contributed by atoms with Crippen molar-refractivity contribution >= 4 is 40.6 Å². The summed E-state index contributed by atoms with van der Waals surface area (Å²) in [6, 6.07) is 20.6. The number of amides is 3. The lowest BCUT2D eigenvalue weighted by molar-refractivity contribution is -0.145. The van der Waals surface area contributed by atoms with E-state index in [2.05, 4.69) is 35.6 Å². The van der Waals surface area contributed by atoms with E-state index in [1.165, 1.54) is 16.2 Å². The van der Waals surface area contributed by atoms with E-state index in [4.69, 9.17) is 15.2 Å². The third-order valence-electron chi connectivity index (χ3n) is 12.8. The summed E-state index contributed by atoms with van der Waals surface area (Å²) in [5.41, 5.74) is 10.9. The van der Waals surface area contributed by atoms with Crippen LogP contribution in [0.25, 0.3) is 21.7 Å². The molecule has 0 spiro atoms. The Labute approximate surface area is 399 Å². The number of nitrogens with zero attached hydrogens (tertiary/aromatic N) is 6. The number of para-hydroxylation sites is 1. The summed E-state index contributed by atoms with van der Waals surface area (Å²) in [5.74, 6) is 0.0250. The van der Waals surface area contributed by atoms with E-state index in [0.717, 1.165) is 71.4 Å². The quantitative estimate of drug-likeness (QED) is 0.0804. The van der Waals surface area contributed by atoms with Crippen LogP contribution in [-0.2, 0) is 27.3 Å². The van der Waals surface area contributed by atoms with Crippen LogP contribution in [0.3, 0.4) is 0 Å². The van der Waals surface area contributed by atoms with Gasteiger partial charge < -0.3 is 45.9 Å². The number of hydrogen-bond donors (Lipinski definition) is 5. The molecule has 0 radical (unpaired) electrons. The summed E-state index contributed by atoms with van der Waals surface area (Å²) in [5, 5.41) is 34.9. The first-order valence-corrected chi connectivity index (χ1v) is 24.0. The van der Waals surface area contributed by atoms with Crippen molar-refractivity contribution in [2.24, 2.45) is 5.41 Å². The van der Waals surface area contributed by atoms with Crippen LogP contribution in [0.15, 0.2) is 78.3 Å². The number of aliphatic hydroxyl groups is 1. The van der Waals surface area contributed by atoms with Gasteiger partial charge in [-0.3, -0.25) is 19.3 Å². The number of carbonyl (C=O) groups is 3. The monoisotopic (exact) mass is 949 g/mol. The average Bonchev–Trinajstić information content (AvgIpc) is 3.73. The van der Waals surface area contributed by atoms with Gasteiger partial charge in [-0.05, 0) is 72.7 Å². The molecule has 3 aromatic carbocycles. The molecule has 1 saturated carbocycles. The summed E-state index contributed by atoms with van der Waals surface area (Å²) in [4.78, 5) is 51.7. The van der Waals surface area contributed by atoms with Crippen LogP contribution in [0, 0.1) is 12.3 Å². The highest BCUT2D eigenvalue weighted by atomic mass is 32.1. The van der Waals surface area contributed by atoms with E-state index < -0.39 is 47.0 Å². The molecule has 5 aromatic rings. The van der Waals surface area contributed by atoms with Crippen LogP contribution in [0.4, 0.5) is 15.9 Å². The molecular weight excluding hydrogens is 890 g/mol. The number of phenols is 1. The highest BCUT2D eigenvalue weighted by molar-refractivity contribution is 7.13. The number of hydrogen-bond acceptors (Lipinski definition) is 14. The molecule has 1 aliphatic carbocycles. The number of anilines is 2. The number of β-amino-alcohol motifs (C(OH)–C–C–N with tert-alkyl or cyclic N) is 1. The number of nitrogens with one attached hydrogen (secondary N) is 2. The molecule has 8 rings (SSSR count). The number of piperazine rings is 1. The van der Waals surface area contributed by atoms with Gasteiger partial charge in [0.25, 0.3) is 5.91 Å². The fourth-order valence-corrected chi connectivity index (χ4v) is 9.38. The van der Waals surface area contributed by atoms with Crippen LogP contribution in [0.2, 0.25) is 0 Å². The summed E-state index contributed by atoms with van der Waals surface area (Å²) in [7, 11) is 0. The second-order valence-electron chi connectivity index (χ2n) is 18.9. The first kappa shape index (κ1) is 48.1. The number of halogens is 1. The summed E-state index contributed by atoms with van der Waals surface area (Å²) in [6.07, 6.45) is -0.0962. The van der Waals surface area contributed by atoms with Gasteiger partial charge >= 0.3 is 0 Å². The van der Waals surface area contributed by atoms with Crippen LogP contribution in [0.5, 0.6) is 17.2 Å². The number of thiazole rings is 1. The molecule has 18 heteroatoms. The minimum Gasteiger partial charge on any atom is -0.507 e. The Morgan fingerprint density at radius 2 is 1.74 bits per heavy atom. The maximum Gasteiger partial charge on any atom is 0.258 e. The highest BCUT2D eigenvalue weighted by Crippen LogP contribution is 2.41. The van der Waals surface area contributed by atoms with Gasteiger partial charge in [0, 0.05) is 69.8 Å². The Morgan fingerprint density at radius 1 is 0.985 bits per heavy atom. The summed E-state index contributed by atoms with van der Waals surface area (Å²) < 4.78 is 27.2. The van der Waals surface area contributed by atoms with Crippen molar-refractivity contribution in [3.05, 3.63) is 95.1 Å². The number of likely N-dealkylation sites (tertiary alicyclic amines) is 1. The van der Waals surface area contributed by atoms with E-state index >= 15 is 0 Å². The molecule has 6 N–H and O–H groups in total. The van der Waals surface area contributed by atoms with Crippen molar-refractivity contribution in [2.45, 2.75) is 83.8 Å². The molecule has 4 heterocycles. The molecule has 2 saturated heterocycles. The maximum absolute atomic E-state index is 14.7. The molecule has 3 amide bonds. The number of nitrogens with two attached hydrogens (primary N) is 1. The minimum absolute atomic E-state index is 0.0245. The lowest BCUT2D eigenvalue weighted by atomic mass is 9.85. The molecule has 0 unspecified atom stereocenters. The zero-order valence-electron chi connectivity index (χ0n) is 38.9. The van der Waals surface area contributed by atoms with Crippen LogP contribution in [-0.4, -0.2) is 129 Å². The van der Waals surface area contributed by atoms with Crippen molar-refractivity contribution in [2.75, 3.05) is 63.1 Å². The van der Waals surface area contributed by atoms with Gasteiger partial charge in [-0.25, -0.2) is 9.37 Å². The van der Waals surface area contributed by atoms with Crippen molar-refractivity contribution in [3.8, 4) is 38.9 Å². The van der Waals surface area contributed by atoms with Crippen LogP contribution >= 0.6 is 11.3 Å². The molecule has 3 fully saturated rings. The molecule has 16 nitrogen and oxygen atoms in total. The van der Waals surface area contributed by atoms with Crippen molar-refractivity contribution in [1.82, 2.24) is 35.6 Å². The molecule has 0 bridgehead atoms. The zero-order chi connectivity index (χ0) is 48.2. The third kappa shape index (κ3) is 11.3. The average molecular weight is 950 g/mol. The van der Waals surface area contributed by atoms with E-state index in [9.17, 15) is 29.0 Å². The predicted octanol–water partition coefficient (Wildman–Crippen LogP) is 5.30. The third-order valence-corrected chi connectivity index (χ3v) is 13.8. The maximum atomic E-state index is 14.7. The van der Waals surface area contributed by atoms with Gasteiger partial charge in [0.15, 0.2) is 11.5 Å². The molecule has 360 valence electrons. The van der Waals surface area contributed by atoms with Gasteiger partial charge in [-0.15, -0.1) is 21.5 Å². The van der Waals surface area contributed by atoms with E-state index in [1.54, 1.807) is 44.5 Å². The number of aromatic hydroxyl groups is 1. The van der Waals surface area contributed by atoms with Crippen molar-refractivity contribution in [1.29, 1.82) is 0 Å². The molecular formula is C50H60FN9O7S. The van der Waals surface area contributed by atoms with E-state index in [0.29, 0.717) is 42.5 Å². The number of benzene rings is 3. The zero-order valence-corrected chi connectivity index (χ0v) is 39.7. The van der Waals surface area contributed by atoms with E-state index in [1.807, 2.05) is 61.5 Å². The number of nitrogen functional groups attached to an aromatic ring is 1. The number of alkyl halides is 1.